The van der Waals surface area contributed by atoms with E-state index in [1.165, 1.54) is 0 Å². The standard InChI is InChI=1S/C18H20N2O4/c1-3-23-17(21)11-5-7-13(15(19)9-11)14-8-6-12(10-16(14)20)18(22)24-4-2/h5-10H,3-4,19-20H2,1-2H3. The molecule has 2 rings (SSSR count). The number of carbonyl (C=O) groups excluding carboxylic acids is 2. The van der Waals surface area contributed by atoms with Gasteiger partial charge in [0.2, 0.25) is 0 Å². The van der Waals surface area contributed by atoms with Crippen molar-refractivity contribution in [1.82, 2.24) is 0 Å². The number of anilines is 2. The Hall–Kier alpha value is -3.02. The summed E-state index contributed by atoms with van der Waals surface area (Å²) in [5.74, 6) is -0.859. The summed E-state index contributed by atoms with van der Waals surface area (Å²) in [4.78, 5) is 23.5. The van der Waals surface area contributed by atoms with Crippen LogP contribution in [0.15, 0.2) is 36.4 Å². The summed E-state index contributed by atoms with van der Waals surface area (Å²) in [5, 5.41) is 0. The molecular formula is C18H20N2O4. The van der Waals surface area contributed by atoms with Crippen LogP contribution in [0.1, 0.15) is 34.6 Å². The molecule has 0 aliphatic rings. The monoisotopic (exact) mass is 328 g/mol. The van der Waals surface area contributed by atoms with Gasteiger partial charge < -0.3 is 20.9 Å². The number of benzene rings is 2. The van der Waals surface area contributed by atoms with Crippen molar-refractivity contribution in [2.75, 3.05) is 24.7 Å². The van der Waals surface area contributed by atoms with E-state index in [0.717, 1.165) is 0 Å². The lowest BCUT2D eigenvalue weighted by Gasteiger charge is -2.12. The van der Waals surface area contributed by atoms with Gasteiger partial charge in [-0.3, -0.25) is 0 Å². The van der Waals surface area contributed by atoms with Crippen molar-refractivity contribution in [3.63, 3.8) is 0 Å². The molecule has 0 fully saturated rings. The van der Waals surface area contributed by atoms with Crippen molar-refractivity contribution in [2.24, 2.45) is 0 Å². The smallest absolute Gasteiger partial charge is 0.338 e. The third-order valence-corrected chi connectivity index (χ3v) is 3.42. The Morgan fingerprint density at radius 1 is 0.792 bits per heavy atom. The molecule has 24 heavy (non-hydrogen) atoms. The van der Waals surface area contributed by atoms with Crippen LogP contribution in [0.25, 0.3) is 11.1 Å². The molecule has 0 unspecified atom stereocenters. The quantitative estimate of drug-likeness (QED) is 0.646. The molecule has 0 aliphatic heterocycles. The zero-order valence-electron chi connectivity index (χ0n) is 13.7. The van der Waals surface area contributed by atoms with E-state index in [0.29, 0.717) is 46.8 Å². The molecule has 6 nitrogen and oxygen atoms in total. The van der Waals surface area contributed by atoms with Crippen molar-refractivity contribution in [1.29, 1.82) is 0 Å². The van der Waals surface area contributed by atoms with E-state index < -0.39 is 11.9 Å². The molecule has 0 aliphatic carbocycles. The molecule has 0 saturated carbocycles. The van der Waals surface area contributed by atoms with Crippen LogP contribution in [0.4, 0.5) is 11.4 Å². The largest absolute Gasteiger partial charge is 0.462 e. The second-order valence-corrected chi connectivity index (χ2v) is 5.04. The highest BCUT2D eigenvalue weighted by Crippen LogP contribution is 2.32. The maximum Gasteiger partial charge on any atom is 0.338 e. The lowest BCUT2D eigenvalue weighted by Crippen LogP contribution is -2.07. The maximum absolute atomic E-state index is 11.7. The molecule has 0 heterocycles. The molecule has 2 aromatic carbocycles. The Labute approximate surface area is 140 Å². The Bertz CT molecular complexity index is 706. The first-order valence-electron chi connectivity index (χ1n) is 7.61. The molecule has 0 amide bonds. The highest BCUT2D eigenvalue weighted by atomic mass is 16.5. The summed E-state index contributed by atoms with van der Waals surface area (Å²) in [6.07, 6.45) is 0. The van der Waals surface area contributed by atoms with Crippen molar-refractivity contribution in [3.8, 4) is 11.1 Å². The van der Waals surface area contributed by atoms with Gasteiger partial charge in [-0.15, -0.1) is 0 Å². The van der Waals surface area contributed by atoms with Gasteiger partial charge in [-0.25, -0.2) is 9.59 Å². The molecule has 0 atom stereocenters. The minimum absolute atomic E-state index is 0.294. The minimum atomic E-state index is -0.429. The molecule has 2 aromatic rings. The van der Waals surface area contributed by atoms with Gasteiger partial charge in [0.1, 0.15) is 0 Å². The number of nitrogens with two attached hydrogens (primary N) is 2. The second-order valence-electron chi connectivity index (χ2n) is 5.04. The summed E-state index contributed by atoms with van der Waals surface area (Å²) < 4.78 is 9.89. The number of nitrogen functional groups attached to an aromatic ring is 2. The molecule has 0 spiro atoms. The number of hydrogen-bond donors (Lipinski definition) is 2. The van der Waals surface area contributed by atoms with Gasteiger partial charge in [-0.1, -0.05) is 12.1 Å². The van der Waals surface area contributed by atoms with Crippen LogP contribution in [0.5, 0.6) is 0 Å². The Balaban J connectivity index is 2.35. The van der Waals surface area contributed by atoms with Gasteiger partial charge in [0.15, 0.2) is 0 Å². The number of rotatable bonds is 5. The van der Waals surface area contributed by atoms with Gasteiger partial charge in [-0.2, -0.15) is 0 Å². The normalized spacial score (nSPS) is 10.2. The zero-order chi connectivity index (χ0) is 17.7. The lowest BCUT2D eigenvalue weighted by molar-refractivity contribution is 0.0517. The molecule has 0 saturated heterocycles. The molecular weight excluding hydrogens is 308 g/mol. The van der Waals surface area contributed by atoms with Crippen LogP contribution in [0, 0.1) is 0 Å². The summed E-state index contributed by atoms with van der Waals surface area (Å²) in [6.45, 7) is 4.06. The fraction of sp³-hybridized carbons (Fsp3) is 0.222. The van der Waals surface area contributed by atoms with Crippen molar-refractivity contribution in [3.05, 3.63) is 47.5 Å². The molecule has 126 valence electrons. The molecule has 4 N–H and O–H groups in total. The Morgan fingerprint density at radius 3 is 1.46 bits per heavy atom. The first kappa shape index (κ1) is 17.3. The van der Waals surface area contributed by atoms with E-state index in [9.17, 15) is 9.59 Å². The number of hydrogen-bond acceptors (Lipinski definition) is 6. The molecule has 0 bridgehead atoms. The third kappa shape index (κ3) is 3.65. The number of ether oxygens (including phenoxy) is 2. The minimum Gasteiger partial charge on any atom is -0.462 e. The van der Waals surface area contributed by atoms with Crippen LogP contribution in [0.2, 0.25) is 0 Å². The predicted octanol–water partition coefficient (Wildman–Crippen LogP) is 2.87. The van der Waals surface area contributed by atoms with Gasteiger partial charge >= 0.3 is 11.9 Å². The van der Waals surface area contributed by atoms with Crippen molar-refractivity contribution >= 4 is 23.3 Å². The summed E-state index contributed by atoms with van der Waals surface area (Å²) in [7, 11) is 0. The highest BCUT2D eigenvalue weighted by molar-refractivity contribution is 5.96. The highest BCUT2D eigenvalue weighted by Gasteiger charge is 2.14. The van der Waals surface area contributed by atoms with Crippen molar-refractivity contribution < 1.29 is 19.1 Å². The first-order chi connectivity index (χ1) is 11.5. The van der Waals surface area contributed by atoms with E-state index in [4.69, 9.17) is 20.9 Å². The van der Waals surface area contributed by atoms with Crippen molar-refractivity contribution in [2.45, 2.75) is 13.8 Å². The number of esters is 2. The van der Waals surface area contributed by atoms with Gasteiger partial charge in [0.05, 0.1) is 24.3 Å². The average molecular weight is 328 g/mol. The third-order valence-electron chi connectivity index (χ3n) is 3.42. The zero-order valence-corrected chi connectivity index (χ0v) is 13.7. The van der Waals surface area contributed by atoms with Gasteiger partial charge in [0.25, 0.3) is 0 Å². The maximum atomic E-state index is 11.7. The van der Waals surface area contributed by atoms with E-state index in [1.54, 1.807) is 50.2 Å². The van der Waals surface area contributed by atoms with E-state index in [1.807, 2.05) is 0 Å². The Morgan fingerprint density at radius 2 is 1.17 bits per heavy atom. The molecule has 0 aromatic heterocycles. The van der Waals surface area contributed by atoms with Crippen LogP contribution in [-0.2, 0) is 9.47 Å². The average Bonchev–Trinajstić information content (AvgIpc) is 2.55. The lowest BCUT2D eigenvalue weighted by atomic mass is 9.98. The van der Waals surface area contributed by atoms with Gasteiger partial charge in [-0.05, 0) is 38.1 Å². The topological polar surface area (TPSA) is 105 Å². The summed E-state index contributed by atoms with van der Waals surface area (Å²) in [6, 6.07) is 9.76. The SMILES string of the molecule is CCOC(=O)c1ccc(-c2ccc(C(=O)OCC)cc2N)c(N)c1. The van der Waals surface area contributed by atoms with Gasteiger partial charge in [0, 0.05) is 22.5 Å². The van der Waals surface area contributed by atoms with Crippen LogP contribution < -0.4 is 11.5 Å². The van der Waals surface area contributed by atoms with E-state index in [2.05, 4.69) is 0 Å². The fourth-order valence-corrected chi connectivity index (χ4v) is 2.30. The Kier molecular flexibility index (Phi) is 5.42. The predicted molar refractivity (Wildman–Crippen MR) is 92.6 cm³/mol. The second kappa shape index (κ2) is 7.50. The summed E-state index contributed by atoms with van der Waals surface area (Å²) >= 11 is 0. The first-order valence-corrected chi connectivity index (χ1v) is 7.61. The van der Waals surface area contributed by atoms with E-state index >= 15 is 0 Å². The number of carbonyl (C=O) groups is 2. The van der Waals surface area contributed by atoms with Crippen LogP contribution in [0.3, 0.4) is 0 Å². The fourth-order valence-electron chi connectivity index (χ4n) is 2.30. The summed E-state index contributed by atoms with van der Waals surface area (Å²) in [5.41, 5.74) is 15.0. The molecule has 0 radical (unpaired) electrons. The van der Waals surface area contributed by atoms with Crippen LogP contribution >= 0.6 is 0 Å². The molecule has 6 heteroatoms. The van der Waals surface area contributed by atoms with E-state index in [-0.39, 0.29) is 0 Å². The van der Waals surface area contributed by atoms with Crippen LogP contribution in [-0.4, -0.2) is 25.2 Å².